The minimum atomic E-state index is -5.17. The second-order valence-electron chi connectivity index (χ2n) is 7.37. The monoisotopic (exact) mass is 604 g/mol. The van der Waals surface area contributed by atoms with Crippen LogP contribution < -0.4 is 9.13 Å². The average molecular weight is 603 g/mol. The fourth-order valence-corrected chi connectivity index (χ4v) is 8.74. The van der Waals surface area contributed by atoms with E-state index in [1.165, 1.54) is 22.2 Å². The van der Waals surface area contributed by atoms with Crippen molar-refractivity contribution < 1.29 is 26.7 Å². The maximum atomic E-state index is 8.52. The zero-order valence-electron chi connectivity index (χ0n) is 20.0. The molecule has 0 saturated carbocycles. The quantitative estimate of drug-likeness (QED) is 0.156. The van der Waals surface area contributed by atoms with Gasteiger partial charge in [-0.15, -0.1) is 0 Å². The van der Waals surface area contributed by atoms with E-state index in [1.807, 2.05) is 0 Å². The summed E-state index contributed by atoms with van der Waals surface area (Å²) in [6, 6.07) is 13.5. The Morgan fingerprint density at radius 1 is 0.727 bits per heavy atom. The third-order valence-corrected chi connectivity index (χ3v) is 9.84. The predicted octanol–water partition coefficient (Wildman–Crippen LogP) is 2.81. The van der Waals surface area contributed by atoms with E-state index in [0.717, 1.165) is 25.9 Å². The number of para-hydroxylation sites is 2. The van der Waals surface area contributed by atoms with Crippen LogP contribution in [0.2, 0.25) is 0 Å². The van der Waals surface area contributed by atoms with Crippen LogP contribution in [0.4, 0.5) is 0 Å². The summed E-state index contributed by atoms with van der Waals surface area (Å²) in [5, 5.41) is 0. The Hall–Kier alpha value is -1.31. The Kier molecular flexibility index (Phi) is 10.5. The molecule has 180 valence electrons. The van der Waals surface area contributed by atoms with Crippen LogP contribution in [0.15, 0.2) is 36.4 Å². The number of benzene rings is 2. The van der Waals surface area contributed by atoms with Crippen molar-refractivity contribution in [3.05, 3.63) is 56.7 Å². The van der Waals surface area contributed by atoms with Crippen LogP contribution in [0.1, 0.15) is 48.0 Å². The molecule has 2 aromatic carbocycles. The molecule has 0 aliphatic carbocycles. The van der Waals surface area contributed by atoms with E-state index in [4.69, 9.17) is 17.5 Å². The standard InChI is InChI=1S/2C12H16NSe.H2O4S/c2*1-4-10-7-6-8-11-12(10)13(5-2)9(3)14-11;1-5(2,3)4/h2*6-8H,4-5H2,1-3H3;(H2,1,2,3,4)/q2*+1;/p-2. The number of hydrogen-bond donors (Lipinski definition) is 0. The van der Waals surface area contributed by atoms with Crippen molar-refractivity contribution in [1.82, 2.24) is 0 Å². The van der Waals surface area contributed by atoms with E-state index >= 15 is 0 Å². The van der Waals surface area contributed by atoms with Gasteiger partial charge in [-0.3, -0.25) is 8.42 Å². The van der Waals surface area contributed by atoms with Gasteiger partial charge in [-0.2, -0.15) is 0 Å². The average Bonchev–Trinajstić information content (AvgIpc) is 3.26. The number of aryl methyl sites for hydroxylation is 6. The molecule has 0 saturated heterocycles. The zero-order chi connectivity index (χ0) is 24.8. The SMILES string of the molecule is CCc1cccc2[se]c(C)[n+](CC)c12.CCc1cccc2[se]c(C)[n+](CC)c12.O=S(=O)([O-])[O-]. The number of rotatable bonds is 4. The molecule has 0 unspecified atom stereocenters. The summed E-state index contributed by atoms with van der Waals surface area (Å²) in [5.41, 5.74) is 6.02. The Balaban J connectivity index is 0.000000195. The summed E-state index contributed by atoms with van der Waals surface area (Å²) < 4.78 is 45.3. The number of hydrogen-bond acceptors (Lipinski definition) is 4. The number of nitrogens with zero attached hydrogens (tertiary/aromatic N) is 2. The maximum Gasteiger partial charge on any atom is 0.0311 e. The van der Waals surface area contributed by atoms with Gasteiger partial charge in [0.15, 0.2) is 0 Å². The first-order valence-electron chi connectivity index (χ1n) is 11.0. The minimum Gasteiger partial charge on any atom is -0.759 e. The van der Waals surface area contributed by atoms with Gasteiger partial charge >= 0.3 is 182 Å². The fourth-order valence-electron chi connectivity index (χ4n) is 3.99. The molecule has 0 atom stereocenters. The molecule has 4 aromatic rings. The maximum absolute atomic E-state index is 8.52. The van der Waals surface area contributed by atoms with E-state index in [2.05, 4.69) is 87.1 Å². The Morgan fingerprint density at radius 2 is 1.06 bits per heavy atom. The first kappa shape index (κ1) is 27.9. The van der Waals surface area contributed by atoms with Crippen molar-refractivity contribution in [2.24, 2.45) is 0 Å². The van der Waals surface area contributed by atoms with Crippen molar-refractivity contribution >= 4 is 59.0 Å². The van der Waals surface area contributed by atoms with E-state index in [0.29, 0.717) is 29.0 Å². The predicted molar refractivity (Wildman–Crippen MR) is 132 cm³/mol. The smallest absolute Gasteiger partial charge is 0.0311 e. The second kappa shape index (κ2) is 12.4. The van der Waals surface area contributed by atoms with Gasteiger partial charge in [-0.1, -0.05) is 0 Å². The van der Waals surface area contributed by atoms with Crippen molar-refractivity contribution in [2.45, 2.75) is 67.5 Å². The van der Waals surface area contributed by atoms with Gasteiger partial charge in [-0.05, 0) is 0 Å². The van der Waals surface area contributed by atoms with Crippen molar-refractivity contribution in [1.29, 1.82) is 0 Å². The van der Waals surface area contributed by atoms with Gasteiger partial charge in [0.2, 0.25) is 0 Å². The van der Waals surface area contributed by atoms with Crippen molar-refractivity contribution in [2.75, 3.05) is 0 Å². The molecule has 6 nitrogen and oxygen atoms in total. The summed E-state index contributed by atoms with van der Waals surface area (Å²) in [7, 11) is -5.17. The van der Waals surface area contributed by atoms with Crippen LogP contribution in [0, 0.1) is 13.8 Å². The number of fused-ring (bicyclic) bond motifs is 2. The summed E-state index contributed by atoms with van der Waals surface area (Å²) in [6.45, 7) is 15.7. The van der Waals surface area contributed by atoms with Crippen LogP contribution in [0.3, 0.4) is 0 Å². The summed E-state index contributed by atoms with van der Waals surface area (Å²) >= 11 is 1.13. The fraction of sp³-hybridized carbons (Fsp3) is 0.417. The molecule has 0 aliphatic rings. The van der Waals surface area contributed by atoms with E-state index in [-0.39, 0.29) is 0 Å². The molecule has 0 N–H and O–H groups in total. The molecule has 2 heterocycles. The van der Waals surface area contributed by atoms with Crippen LogP contribution >= 0.6 is 0 Å². The third kappa shape index (κ3) is 7.33. The Labute approximate surface area is 209 Å². The molecule has 0 radical (unpaired) electrons. The molecular formula is C24H32N2O4SSe2. The normalized spacial score (nSPS) is 11.2. The molecule has 0 spiro atoms. The molecule has 2 aromatic heterocycles. The molecule has 0 aliphatic heterocycles. The summed E-state index contributed by atoms with van der Waals surface area (Å²) in [5.74, 6) is 0. The van der Waals surface area contributed by atoms with E-state index < -0.39 is 10.4 Å². The van der Waals surface area contributed by atoms with Gasteiger partial charge in [0.25, 0.3) is 0 Å². The molecule has 0 bridgehead atoms. The zero-order valence-corrected chi connectivity index (χ0v) is 24.3. The summed E-state index contributed by atoms with van der Waals surface area (Å²) in [6.07, 6.45) is 2.28. The van der Waals surface area contributed by atoms with Gasteiger partial charge in [-0.25, -0.2) is 0 Å². The Morgan fingerprint density at radius 3 is 1.33 bits per heavy atom. The van der Waals surface area contributed by atoms with Gasteiger partial charge in [0, 0.05) is 10.4 Å². The minimum absolute atomic E-state index is 0.566. The second-order valence-corrected chi connectivity index (χ2v) is 13.4. The largest absolute Gasteiger partial charge is 0.759 e. The first-order chi connectivity index (χ1) is 15.5. The topological polar surface area (TPSA) is 88.0 Å². The van der Waals surface area contributed by atoms with Gasteiger partial charge in [0.1, 0.15) is 0 Å². The molecule has 0 fully saturated rings. The number of aromatic nitrogens is 2. The van der Waals surface area contributed by atoms with Gasteiger partial charge in [0.05, 0.1) is 0 Å². The van der Waals surface area contributed by atoms with Crippen LogP contribution in [-0.2, 0) is 36.3 Å². The van der Waals surface area contributed by atoms with Crippen molar-refractivity contribution in [3.63, 3.8) is 0 Å². The van der Waals surface area contributed by atoms with Crippen LogP contribution in [0.25, 0.3) is 19.6 Å². The first-order valence-corrected chi connectivity index (χ1v) is 15.8. The Bertz CT molecular complexity index is 1230. The van der Waals surface area contributed by atoms with Crippen LogP contribution in [-0.4, -0.2) is 46.5 Å². The molecule has 4 rings (SSSR count). The van der Waals surface area contributed by atoms with Gasteiger partial charge < -0.3 is 9.11 Å². The molecule has 9 heteroatoms. The van der Waals surface area contributed by atoms with E-state index in [9.17, 15) is 0 Å². The van der Waals surface area contributed by atoms with E-state index in [1.54, 1.807) is 17.7 Å². The molecule has 0 amide bonds. The van der Waals surface area contributed by atoms with Crippen LogP contribution in [0.5, 0.6) is 0 Å². The summed E-state index contributed by atoms with van der Waals surface area (Å²) in [4.78, 5) is 0. The molecular weight excluding hydrogens is 570 g/mol. The van der Waals surface area contributed by atoms with Crippen molar-refractivity contribution in [3.8, 4) is 0 Å². The molecule has 33 heavy (non-hydrogen) atoms. The third-order valence-electron chi connectivity index (χ3n) is 5.37.